The van der Waals surface area contributed by atoms with Gasteiger partial charge < -0.3 is 0 Å². The highest BCUT2D eigenvalue weighted by molar-refractivity contribution is 9.10. The van der Waals surface area contributed by atoms with Crippen molar-refractivity contribution in [1.29, 1.82) is 0 Å². The van der Waals surface area contributed by atoms with Crippen molar-refractivity contribution in [2.45, 2.75) is 56.8 Å². The maximum absolute atomic E-state index is 3.78. The first kappa shape index (κ1) is 19.1. The summed E-state index contributed by atoms with van der Waals surface area (Å²) in [5.74, 6) is 0. The van der Waals surface area contributed by atoms with Gasteiger partial charge in [-0.2, -0.15) is 0 Å². The van der Waals surface area contributed by atoms with Gasteiger partial charge in [-0.15, -0.1) is 0 Å². The number of rotatable bonds is 0. The van der Waals surface area contributed by atoms with Crippen LogP contribution >= 0.6 is 15.9 Å². The molecule has 0 heterocycles. The van der Waals surface area contributed by atoms with Crippen LogP contribution in [-0.2, 0) is 10.8 Å². The van der Waals surface area contributed by atoms with Gasteiger partial charge >= 0.3 is 0 Å². The van der Waals surface area contributed by atoms with Crippen molar-refractivity contribution >= 4 is 26.7 Å². The first-order valence-corrected chi connectivity index (χ1v) is 12.8. The van der Waals surface area contributed by atoms with Gasteiger partial charge in [-0.3, -0.25) is 0 Å². The predicted molar refractivity (Wildman–Crippen MR) is 139 cm³/mol. The van der Waals surface area contributed by atoms with Crippen LogP contribution in [0.3, 0.4) is 0 Å². The van der Waals surface area contributed by atoms with Crippen molar-refractivity contribution in [1.82, 2.24) is 0 Å². The van der Waals surface area contributed by atoms with Gasteiger partial charge in [-0.1, -0.05) is 91.5 Å². The minimum Gasteiger partial charge on any atom is -0.0616 e. The van der Waals surface area contributed by atoms with E-state index in [-0.39, 0.29) is 10.8 Å². The van der Waals surface area contributed by atoms with Gasteiger partial charge in [0, 0.05) is 15.3 Å². The zero-order valence-corrected chi connectivity index (χ0v) is 20.4. The molecule has 7 rings (SSSR count). The van der Waals surface area contributed by atoms with Gasteiger partial charge in [0.2, 0.25) is 0 Å². The summed E-state index contributed by atoms with van der Waals surface area (Å²) in [6, 6.07) is 25.8. The van der Waals surface area contributed by atoms with E-state index in [2.05, 4.69) is 96.5 Å². The number of hydrogen-bond donors (Lipinski definition) is 0. The lowest BCUT2D eigenvalue weighted by Crippen LogP contribution is -2.28. The molecular weight excluding hydrogens is 452 g/mol. The normalized spacial score (nSPS) is 19.0. The van der Waals surface area contributed by atoms with Crippen molar-refractivity contribution < 1.29 is 0 Å². The van der Waals surface area contributed by atoms with Crippen LogP contribution in [0.25, 0.3) is 33.0 Å². The maximum atomic E-state index is 3.78. The molecule has 0 amide bonds. The Morgan fingerprint density at radius 2 is 1.41 bits per heavy atom. The Kier molecular flexibility index (Phi) is 3.80. The van der Waals surface area contributed by atoms with Gasteiger partial charge in [-0.05, 0) is 92.4 Å². The fraction of sp³-hybridized carbons (Fsp3) is 0.290. The minimum atomic E-state index is 0.0154. The van der Waals surface area contributed by atoms with Gasteiger partial charge in [0.15, 0.2) is 0 Å². The Morgan fingerprint density at radius 1 is 0.656 bits per heavy atom. The zero-order chi connectivity index (χ0) is 21.7. The van der Waals surface area contributed by atoms with Crippen LogP contribution in [0.1, 0.15) is 68.2 Å². The Hall–Kier alpha value is -2.38. The maximum Gasteiger partial charge on any atom is 0.0215 e. The minimum absolute atomic E-state index is 0.0154. The van der Waals surface area contributed by atoms with Gasteiger partial charge in [0.25, 0.3) is 0 Å². The lowest BCUT2D eigenvalue weighted by Gasteiger charge is -2.36. The summed E-state index contributed by atoms with van der Waals surface area (Å²) in [6.45, 7) is 4.82. The van der Waals surface area contributed by atoms with Crippen molar-refractivity contribution in [2.24, 2.45) is 0 Å². The van der Waals surface area contributed by atoms with Crippen LogP contribution in [0.5, 0.6) is 0 Å². The van der Waals surface area contributed by atoms with Crippen LogP contribution in [0.4, 0.5) is 0 Å². The molecule has 0 nitrogen and oxygen atoms in total. The summed E-state index contributed by atoms with van der Waals surface area (Å²) < 4.78 is 1.21. The van der Waals surface area contributed by atoms with E-state index < -0.39 is 0 Å². The van der Waals surface area contributed by atoms with E-state index in [0.717, 1.165) is 0 Å². The highest BCUT2D eigenvalue weighted by Gasteiger charge is 2.46. The average Bonchev–Trinajstić information content (AvgIpc) is 3.19. The SMILES string of the molecule is CC1(C)c2cc3c(cc2-c2c1ccc1ccccc21)C1(CCCCC1)c1cc(Br)ccc1-3. The second-order valence-corrected chi connectivity index (χ2v) is 11.5. The molecule has 1 spiro atoms. The summed E-state index contributed by atoms with van der Waals surface area (Å²) in [4.78, 5) is 0. The summed E-state index contributed by atoms with van der Waals surface area (Å²) in [7, 11) is 0. The molecule has 1 heteroatoms. The Bertz CT molecular complexity index is 1430. The Balaban J connectivity index is 1.58. The number of hydrogen-bond acceptors (Lipinski definition) is 0. The molecule has 158 valence electrons. The van der Waals surface area contributed by atoms with E-state index in [1.54, 1.807) is 11.1 Å². The van der Waals surface area contributed by atoms with Crippen LogP contribution in [-0.4, -0.2) is 0 Å². The highest BCUT2D eigenvalue weighted by atomic mass is 79.9. The molecule has 32 heavy (non-hydrogen) atoms. The second-order valence-electron chi connectivity index (χ2n) is 10.6. The molecular formula is C31H27Br. The van der Waals surface area contributed by atoms with Crippen molar-refractivity contribution in [2.75, 3.05) is 0 Å². The molecule has 0 unspecified atom stereocenters. The molecule has 3 aliphatic rings. The second kappa shape index (κ2) is 6.35. The van der Waals surface area contributed by atoms with E-state index in [1.165, 1.54) is 80.7 Å². The summed E-state index contributed by atoms with van der Waals surface area (Å²) >= 11 is 3.78. The zero-order valence-electron chi connectivity index (χ0n) is 18.8. The van der Waals surface area contributed by atoms with Crippen LogP contribution in [0, 0.1) is 0 Å². The van der Waals surface area contributed by atoms with Crippen molar-refractivity contribution in [3.8, 4) is 22.3 Å². The molecule has 0 aliphatic heterocycles. The predicted octanol–water partition coefficient (Wildman–Crippen LogP) is 9.14. The van der Waals surface area contributed by atoms with E-state index in [4.69, 9.17) is 0 Å². The highest BCUT2D eigenvalue weighted by Crippen LogP contribution is 2.60. The van der Waals surface area contributed by atoms with Crippen LogP contribution < -0.4 is 0 Å². The molecule has 4 aromatic rings. The van der Waals surface area contributed by atoms with Crippen molar-refractivity contribution in [3.05, 3.63) is 93.5 Å². The quantitative estimate of drug-likeness (QED) is 0.236. The summed E-state index contributed by atoms with van der Waals surface area (Å²) in [5, 5.41) is 2.74. The fourth-order valence-corrected chi connectivity index (χ4v) is 7.52. The van der Waals surface area contributed by atoms with E-state index in [9.17, 15) is 0 Å². The van der Waals surface area contributed by atoms with Crippen LogP contribution in [0.15, 0.2) is 71.2 Å². The summed E-state index contributed by atoms with van der Waals surface area (Å²) in [5.41, 5.74) is 12.2. The van der Waals surface area contributed by atoms with E-state index >= 15 is 0 Å². The first-order valence-electron chi connectivity index (χ1n) is 12.0. The monoisotopic (exact) mass is 478 g/mol. The van der Waals surface area contributed by atoms with Crippen molar-refractivity contribution in [3.63, 3.8) is 0 Å². The van der Waals surface area contributed by atoms with Gasteiger partial charge in [-0.25, -0.2) is 0 Å². The van der Waals surface area contributed by atoms with E-state index in [1.807, 2.05) is 0 Å². The lowest BCUT2D eigenvalue weighted by molar-refractivity contribution is 0.353. The smallest absolute Gasteiger partial charge is 0.0215 e. The largest absolute Gasteiger partial charge is 0.0616 e. The molecule has 0 N–H and O–H groups in total. The molecule has 4 aromatic carbocycles. The Morgan fingerprint density at radius 3 is 2.25 bits per heavy atom. The molecule has 0 aromatic heterocycles. The van der Waals surface area contributed by atoms with E-state index in [0.29, 0.717) is 0 Å². The number of halogens is 1. The molecule has 0 radical (unpaired) electrons. The van der Waals surface area contributed by atoms with Gasteiger partial charge in [0.05, 0.1) is 0 Å². The number of benzene rings is 4. The first-order chi connectivity index (χ1) is 15.5. The van der Waals surface area contributed by atoms with Gasteiger partial charge in [0.1, 0.15) is 0 Å². The third kappa shape index (κ3) is 2.28. The molecule has 0 atom stereocenters. The topological polar surface area (TPSA) is 0 Å². The average molecular weight is 479 g/mol. The number of fused-ring (bicyclic) bond motifs is 10. The Labute approximate surface area is 198 Å². The molecule has 1 saturated carbocycles. The molecule has 3 aliphatic carbocycles. The third-order valence-corrected chi connectivity index (χ3v) is 9.21. The standard InChI is InChI=1S/C31H27Br/c1-30(2)25-13-10-19-8-4-5-9-21(19)29(25)24-18-28-23(17-26(24)30)22-12-11-20(32)16-27(22)31(28)14-6-3-7-15-31/h4-5,8-13,16-18H,3,6-7,14-15H2,1-2H3. The molecule has 0 saturated heterocycles. The third-order valence-electron chi connectivity index (χ3n) is 8.71. The summed E-state index contributed by atoms with van der Waals surface area (Å²) in [6.07, 6.45) is 6.56. The lowest BCUT2D eigenvalue weighted by atomic mass is 9.67. The van der Waals surface area contributed by atoms with Crippen LogP contribution in [0.2, 0.25) is 0 Å². The fourth-order valence-electron chi connectivity index (χ4n) is 7.16. The molecule has 1 fully saturated rings. The molecule has 0 bridgehead atoms.